The van der Waals surface area contributed by atoms with E-state index < -0.39 is 10.0 Å². The van der Waals surface area contributed by atoms with Crippen LogP contribution < -0.4 is 4.72 Å². The quantitative estimate of drug-likeness (QED) is 0.737. The van der Waals surface area contributed by atoms with E-state index in [9.17, 15) is 13.2 Å². The number of Topliss-reactive ketones (excluding diaryl/α,β-unsaturated/α-hetero) is 1. The van der Waals surface area contributed by atoms with Crippen molar-refractivity contribution in [1.29, 1.82) is 0 Å². The highest BCUT2D eigenvalue weighted by Crippen LogP contribution is 2.12. The van der Waals surface area contributed by atoms with Gasteiger partial charge in [-0.05, 0) is 31.4 Å². The molecular weight excluding hydrogens is 266 g/mol. The fraction of sp³-hybridized carbons (Fsp3) is 0.462. The van der Waals surface area contributed by atoms with E-state index in [1.54, 1.807) is 12.1 Å². The molecule has 106 valence electrons. The Hall–Kier alpha value is -1.24. The molecule has 0 saturated carbocycles. The number of aliphatic hydroxyl groups excluding tert-OH is 1. The average molecular weight is 285 g/mol. The number of nitrogens with one attached hydrogen (secondary N) is 1. The van der Waals surface area contributed by atoms with Crippen LogP contribution in [0.1, 0.15) is 30.6 Å². The molecule has 0 amide bonds. The third-order valence-corrected chi connectivity index (χ3v) is 4.22. The van der Waals surface area contributed by atoms with Crippen LogP contribution in [0.25, 0.3) is 0 Å². The van der Waals surface area contributed by atoms with Crippen molar-refractivity contribution in [3.05, 3.63) is 29.8 Å². The molecule has 0 radical (unpaired) electrons. The molecule has 19 heavy (non-hydrogen) atoms. The minimum absolute atomic E-state index is 0.0305. The highest BCUT2D eigenvalue weighted by Gasteiger charge is 2.16. The van der Waals surface area contributed by atoms with Crippen LogP contribution in [0.5, 0.6) is 0 Å². The maximum atomic E-state index is 12.0. The van der Waals surface area contributed by atoms with Crippen molar-refractivity contribution < 1.29 is 18.3 Å². The van der Waals surface area contributed by atoms with Crippen LogP contribution in [0.15, 0.2) is 29.2 Å². The molecule has 1 atom stereocenters. The van der Waals surface area contributed by atoms with Crippen molar-refractivity contribution in [2.24, 2.45) is 5.92 Å². The summed E-state index contributed by atoms with van der Waals surface area (Å²) in [4.78, 5) is 11.3. The zero-order valence-corrected chi connectivity index (χ0v) is 11.9. The van der Waals surface area contributed by atoms with Crippen LogP contribution in [0.2, 0.25) is 0 Å². The summed E-state index contributed by atoms with van der Waals surface area (Å²) in [5, 5.41) is 8.77. The molecule has 1 aromatic carbocycles. The molecule has 0 spiro atoms. The number of carbonyl (C=O) groups excluding carboxylic acids is 1. The van der Waals surface area contributed by atoms with E-state index in [0.29, 0.717) is 12.0 Å². The fourth-order valence-corrected chi connectivity index (χ4v) is 2.75. The molecule has 0 bridgehead atoms. The van der Waals surface area contributed by atoms with Gasteiger partial charge in [-0.2, -0.15) is 0 Å². The van der Waals surface area contributed by atoms with Gasteiger partial charge in [0.15, 0.2) is 5.78 Å². The van der Waals surface area contributed by atoms with Crippen molar-refractivity contribution in [3.63, 3.8) is 0 Å². The summed E-state index contributed by atoms with van der Waals surface area (Å²) in [6.45, 7) is 3.53. The van der Waals surface area contributed by atoms with Gasteiger partial charge >= 0.3 is 0 Å². The lowest BCUT2D eigenvalue weighted by Crippen LogP contribution is -2.29. The van der Waals surface area contributed by atoms with Crippen LogP contribution in [-0.4, -0.2) is 32.5 Å². The van der Waals surface area contributed by atoms with Gasteiger partial charge in [-0.25, -0.2) is 13.1 Å². The summed E-state index contributed by atoms with van der Waals surface area (Å²) in [6.07, 6.45) is 0.538. The normalized spacial score (nSPS) is 13.2. The van der Waals surface area contributed by atoms with Crippen molar-refractivity contribution in [2.45, 2.75) is 25.2 Å². The largest absolute Gasteiger partial charge is 0.396 e. The van der Waals surface area contributed by atoms with E-state index in [2.05, 4.69) is 4.72 Å². The number of sulfonamides is 1. The van der Waals surface area contributed by atoms with E-state index >= 15 is 0 Å². The highest BCUT2D eigenvalue weighted by molar-refractivity contribution is 7.89. The zero-order valence-electron chi connectivity index (χ0n) is 11.1. The zero-order chi connectivity index (χ0) is 14.5. The standard InChI is InChI=1S/C13H19NO4S/c1-10(6-7-15)9-14-19(17,18)13-5-3-4-12(8-13)11(2)16/h3-5,8,10,14-15H,6-7,9H2,1-2H3. The number of hydrogen-bond donors (Lipinski definition) is 2. The average Bonchev–Trinajstić information content (AvgIpc) is 2.37. The predicted octanol–water partition coefficient (Wildman–Crippen LogP) is 1.19. The Labute approximate surface area is 113 Å². The predicted molar refractivity (Wildman–Crippen MR) is 72.5 cm³/mol. The van der Waals surface area contributed by atoms with Crippen molar-refractivity contribution in [3.8, 4) is 0 Å². The molecule has 1 unspecified atom stereocenters. The maximum absolute atomic E-state index is 12.0. The minimum Gasteiger partial charge on any atom is -0.396 e. The molecule has 5 nitrogen and oxygen atoms in total. The molecule has 0 fully saturated rings. The Balaban J connectivity index is 2.83. The summed E-state index contributed by atoms with van der Waals surface area (Å²) in [6, 6.07) is 5.94. The molecule has 0 aliphatic carbocycles. The Kier molecular flexibility index (Phi) is 5.65. The van der Waals surface area contributed by atoms with Gasteiger partial charge in [0.2, 0.25) is 10.0 Å². The third kappa shape index (κ3) is 4.74. The third-order valence-electron chi connectivity index (χ3n) is 2.79. The lowest BCUT2D eigenvalue weighted by Gasteiger charge is -2.12. The van der Waals surface area contributed by atoms with E-state index in [1.807, 2.05) is 6.92 Å². The second-order valence-corrected chi connectivity index (χ2v) is 6.32. The summed E-state index contributed by atoms with van der Waals surface area (Å²) in [7, 11) is -3.61. The molecule has 0 saturated heterocycles. The molecule has 0 aromatic heterocycles. The SMILES string of the molecule is CC(=O)c1cccc(S(=O)(=O)NCC(C)CCO)c1. The first-order valence-corrected chi connectivity index (χ1v) is 7.56. The van der Waals surface area contributed by atoms with Crippen molar-refractivity contribution in [2.75, 3.05) is 13.2 Å². The number of hydrogen-bond acceptors (Lipinski definition) is 4. The first-order chi connectivity index (χ1) is 8.86. The number of carbonyl (C=O) groups is 1. The maximum Gasteiger partial charge on any atom is 0.240 e. The Morgan fingerprint density at radius 3 is 2.68 bits per heavy atom. The monoisotopic (exact) mass is 285 g/mol. The van der Waals surface area contributed by atoms with Crippen LogP contribution in [0.3, 0.4) is 0 Å². The van der Waals surface area contributed by atoms with E-state index in [1.165, 1.54) is 19.1 Å². The Morgan fingerprint density at radius 1 is 1.42 bits per heavy atom. The van der Waals surface area contributed by atoms with Gasteiger partial charge in [0, 0.05) is 18.7 Å². The topological polar surface area (TPSA) is 83.5 Å². The van der Waals surface area contributed by atoms with E-state index in [-0.39, 0.29) is 29.7 Å². The van der Waals surface area contributed by atoms with Gasteiger partial charge in [-0.15, -0.1) is 0 Å². The number of aliphatic hydroxyl groups is 1. The first-order valence-electron chi connectivity index (χ1n) is 6.08. The van der Waals surface area contributed by atoms with E-state index in [4.69, 9.17) is 5.11 Å². The van der Waals surface area contributed by atoms with Gasteiger partial charge < -0.3 is 5.11 Å². The Bertz CT molecular complexity index is 539. The van der Waals surface area contributed by atoms with Crippen molar-refractivity contribution in [1.82, 2.24) is 4.72 Å². The molecule has 6 heteroatoms. The molecule has 1 aromatic rings. The fourth-order valence-electron chi connectivity index (χ4n) is 1.54. The van der Waals surface area contributed by atoms with Crippen LogP contribution >= 0.6 is 0 Å². The highest BCUT2D eigenvalue weighted by atomic mass is 32.2. The second-order valence-electron chi connectivity index (χ2n) is 4.55. The molecule has 0 aliphatic rings. The Morgan fingerprint density at radius 2 is 2.11 bits per heavy atom. The summed E-state index contributed by atoms with van der Waals surface area (Å²) < 4.78 is 26.5. The van der Waals surface area contributed by atoms with E-state index in [0.717, 1.165) is 0 Å². The van der Waals surface area contributed by atoms with Crippen molar-refractivity contribution >= 4 is 15.8 Å². The van der Waals surface area contributed by atoms with Gasteiger partial charge in [-0.3, -0.25) is 4.79 Å². The first kappa shape index (κ1) is 15.8. The van der Waals surface area contributed by atoms with Crippen LogP contribution in [-0.2, 0) is 10.0 Å². The minimum atomic E-state index is -3.61. The summed E-state index contributed by atoms with van der Waals surface area (Å²) in [5.41, 5.74) is 0.367. The number of ketones is 1. The lowest BCUT2D eigenvalue weighted by molar-refractivity contribution is 0.101. The number of rotatable bonds is 7. The van der Waals surface area contributed by atoms with Crippen LogP contribution in [0, 0.1) is 5.92 Å². The lowest BCUT2D eigenvalue weighted by atomic mass is 10.1. The van der Waals surface area contributed by atoms with Gasteiger partial charge in [0.05, 0.1) is 4.90 Å². The smallest absolute Gasteiger partial charge is 0.240 e. The van der Waals surface area contributed by atoms with Crippen LogP contribution in [0.4, 0.5) is 0 Å². The summed E-state index contributed by atoms with van der Waals surface area (Å²) >= 11 is 0. The van der Waals surface area contributed by atoms with Gasteiger partial charge in [0.1, 0.15) is 0 Å². The molecule has 0 aliphatic heterocycles. The van der Waals surface area contributed by atoms with Gasteiger partial charge in [0.25, 0.3) is 0 Å². The number of benzene rings is 1. The summed E-state index contributed by atoms with van der Waals surface area (Å²) in [5.74, 6) is -0.124. The molecule has 2 N–H and O–H groups in total. The molecule has 0 heterocycles. The molecular formula is C13H19NO4S. The van der Waals surface area contributed by atoms with Gasteiger partial charge in [-0.1, -0.05) is 19.1 Å². The molecule has 1 rings (SSSR count). The second kappa shape index (κ2) is 6.79.